The number of halogens is 2. The van der Waals surface area contributed by atoms with Gasteiger partial charge in [0.2, 0.25) is 5.16 Å². The molecule has 10 heteroatoms. The van der Waals surface area contributed by atoms with Crippen molar-refractivity contribution in [2.24, 2.45) is 0 Å². The molecule has 0 saturated heterocycles. The van der Waals surface area contributed by atoms with Gasteiger partial charge in [0.15, 0.2) is 11.5 Å². The Morgan fingerprint density at radius 3 is 2.53 bits per heavy atom. The summed E-state index contributed by atoms with van der Waals surface area (Å²) in [5, 5.41) is 16.3. The molecule has 0 unspecified atom stereocenters. The van der Waals surface area contributed by atoms with Crippen molar-refractivity contribution in [3.63, 3.8) is 0 Å². The molecule has 0 radical (unpaired) electrons. The third-order valence-electron chi connectivity index (χ3n) is 5.15. The van der Waals surface area contributed by atoms with Crippen LogP contribution in [0.1, 0.15) is 23.6 Å². The summed E-state index contributed by atoms with van der Waals surface area (Å²) in [6, 6.07) is 22.3. The molecule has 1 aromatic heterocycles. The van der Waals surface area contributed by atoms with Crippen molar-refractivity contribution in [2.45, 2.75) is 32.2 Å². The van der Waals surface area contributed by atoms with E-state index in [4.69, 9.17) is 9.47 Å². The van der Waals surface area contributed by atoms with Gasteiger partial charge in [-0.15, -0.1) is 17.5 Å². The summed E-state index contributed by atoms with van der Waals surface area (Å²) in [6.45, 7) is 6.62. The fourth-order valence-corrected chi connectivity index (χ4v) is 4.80. The lowest BCUT2D eigenvalue weighted by atomic mass is 10.1. The van der Waals surface area contributed by atoms with Crippen LogP contribution in [0.25, 0.3) is 5.69 Å². The molecule has 4 aromatic rings. The van der Waals surface area contributed by atoms with E-state index in [9.17, 15) is 0 Å². The fourth-order valence-electron chi connectivity index (χ4n) is 3.41. The Morgan fingerprint density at radius 1 is 1.00 bits per heavy atom. The average Bonchev–Trinajstić information content (AvgIpc) is 3.34. The maximum atomic E-state index is 6.12. The van der Waals surface area contributed by atoms with E-state index >= 15 is 0 Å². The second-order valence-corrected chi connectivity index (χ2v) is 9.76. The Hall–Kier alpha value is -2.59. The van der Waals surface area contributed by atoms with Crippen LogP contribution < -0.4 is 14.8 Å². The van der Waals surface area contributed by atoms with Gasteiger partial charge in [0.25, 0.3) is 0 Å². The largest absolute Gasteiger partial charge is 0.490 e. The maximum Gasteiger partial charge on any atom is 0.214 e. The number of aryl methyl sites for hydroxylation is 1. The highest BCUT2D eigenvalue weighted by atomic mass is 79.9. The van der Waals surface area contributed by atoms with Gasteiger partial charge in [-0.2, -0.15) is 4.68 Å². The number of rotatable bonds is 12. The van der Waals surface area contributed by atoms with Gasteiger partial charge < -0.3 is 14.8 Å². The molecule has 0 aliphatic carbocycles. The smallest absolute Gasteiger partial charge is 0.214 e. The predicted octanol–water partition coefficient (Wildman–Crippen LogP) is 6.01. The minimum Gasteiger partial charge on any atom is -0.490 e. The zero-order chi connectivity index (χ0) is 24.5. The first-order chi connectivity index (χ1) is 17.1. The number of ether oxygens (including phenoxy) is 2. The lowest BCUT2D eigenvalue weighted by Crippen LogP contribution is -2.17. The number of benzene rings is 3. The van der Waals surface area contributed by atoms with E-state index in [1.807, 2.05) is 43.3 Å². The van der Waals surface area contributed by atoms with Crippen molar-refractivity contribution in [3.05, 3.63) is 87.9 Å². The van der Waals surface area contributed by atoms with Gasteiger partial charge in [-0.25, -0.2) is 0 Å². The summed E-state index contributed by atoms with van der Waals surface area (Å²) >= 11 is 5.29. The predicted molar refractivity (Wildman–Crippen MR) is 150 cm³/mol. The van der Waals surface area contributed by atoms with Crippen molar-refractivity contribution >= 4 is 40.1 Å². The standard InChI is InChI=1S/C26H28BrN5O2S.ClH/c1-3-33-24-16-21(15-23(27)25(24)34-18-20-11-9-19(2)10-12-20)17-28-13-14-35-26-29-30-31-32(26)22-7-5-4-6-8-22;/h4-12,15-16,28H,3,13-14,17-18H2,1-2H3;1H. The highest BCUT2D eigenvalue weighted by molar-refractivity contribution is 9.10. The van der Waals surface area contributed by atoms with Crippen LogP contribution in [0.4, 0.5) is 0 Å². The molecule has 3 aromatic carbocycles. The minimum atomic E-state index is 0. The van der Waals surface area contributed by atoms with E-state index < -0.39 is 0 Å². The van der Waals surface area contributed by atoms with Crippen molar-refractivity contribution < 1.29 is 9.47 Å². The number of nitrogens with one attached hydrogen (secondary N) is 1. The van der Waals surface area contributed by atoms with Crippen LogP contribution in [0.15, 0.2) is 76.4 Å². The van der Waals surface area contributed by atoms with E-state index in [0.29, 0.717) is 19.8 Å². The lowest BCUT2D eigenvalue weighted by molar-refractivity contribution is 0.267. The third-order valence-corrected chi connectivity index (χ3v) is 6.66. The number of nitrogens with zero attached hydrogens (tertiary/aromatic N) is 4. The van der Waals surface area contributed by atoms with Crippen molar-refractivity contribution in [3.8, 4) is 17.2 Å². The number of tetrazole rings is 1. The van der Waals surface area contributed by atoms with Gasteiger partial charge in [0.1, 0.15) is 6.61 Å². The molecule has 0 aliphatic heterocycles. The fraction of sp³-hybridized carbons (Fsp3) is 0.269. The topological polar surface area (TPSA) is 74.1 Å². The zero-order valence-corrected chi connectivity index (χ0v) is 23.4. The SMILES string of the molecule is CCOc1cc(CNCCSc2nnnn2-c2ccccc2)cc(Br)c1OCc1ccc(C)cc1.Cl. The highest BCUT2D eigenvalue weighted by Crippen LogP contribution is 2.37. The van der Waals surface area contributed by atoms with E-state index in [2.05, 4.69) is 74.0 Å². The first-order valence-electron chi connectivity index (χ1n) is 11.4. The molecule has 1 N–H and O–H groups in total. The van der Waals surface area contributed by atoms with Gasteiger partial charge >= 0.3 is 0 Å². The molecule has 0 aliphatic rings. The number of hydrogen-bond acceptors (Lipinski definition) is 7. The summed E-state index contributed by atoms with van der Waals surface area (Å²) in [5.74, 6) is 2.30. The summed E-state index contributed by atoms with van der Waals surface area (Å²) in [6.07, 6.45) is 0. The van der Waals surface area contributed by atoms with Crippen LogP contribution in [0, 0.1) is 6.92 Å². The van der Waals surface area contributed by atoms with Crippen LogP contribution in [0.5, 0.6) is 11.5 Å². The Balaban J connectivity index is 0.00000361. The average molecular weight is 591 g/mol. The Bertz CT molecular complexity index is 1220. The lowest BCUT2D eigenvalue weighted by Gasteiger charge is -2.16. The van der Waals surface area contributed by atoms with Gasteiger partial charge in [0.05, 0.1) is 16.8 Å². The molecular weight excluding hydrogens is 562 g/mol. The van der Waals surface area contributed by atoms with Crippen molar-refractivity contribution in [1.29, 1.82) is 0 Å². The van der Waals surface area contributed by atoms with Crippen LogP contribution in [0.2, 0.25) is 0 Å². The summed E-state index contributed by atoms with van der Waals surface area (Å²) in [5.41, 5.74) is 4.41. The molecule has 0 saturated carbocycles. The maximum absolute atomic E-state index is 6.12. The van der Waals surface area contributed by atoms with Gasteiger partial charge in [-0.3, -0.25) is 0 Å². The molecule has 4 rings (SSSR count). The van der Waals surface area contributed by atoms with Crippen LogP contribution in [-0.4, -0.2) is 39.1 Å². The molecule has 190 valence electrons. The first-order valence-corrected chi connectivity index (χ1v) is 13.2. The monoisotopic (exact) mass is 589 g/mol. The van der Waals surface area contributed by atoms with E-state index in [1.54, 1.807) is 16.4 Å². The summed E-state index contributed by atoms with van der Waals surface area (Å²) < 4.78 is 14.6. The number of thioether (sulfide) groups is 1. The normalized spacial score (nSPS) is 10.6. The number of hydrogen-bond donors (Lipinski definition) is 1. The van der Waals surface area contributed by atoms with E-state index in [1.165, 1.54) is 5.56 Å². The van der Waals surface area contributed by atoms with Gasteiger partial charge in [0, 0.05) is 18.8 Å². The summed E-state index contributed by atoms with van der Waals surface area (Å²) in [7, 11) is 0. The molecule has 0 fully saturated rings. The Kier molecular flexibility index (Phi) is 11.1. The molecule has 0 bridgehead atoms. The molecule has 0 spiro atoms. The molecule has 36 heavy (non-hydrogen) atoms. The molecule has 1 heterocycles. The molecule has 0 amide bonds. The molecular formula is C26H29BrClN5O2S. The molecule has 0 atom stereocenters. The van der Waals surface area contributed by atoms with Gasteiger partial charge in [-0.05, 0) is 75.6 Å². The van der Waals surface area contributed by atoms with Crippen LogP contribution in [-0.2, 0) is 13.2 Å². The first kappa shape index (κ1) is 28.0. The zero-order valence-electron chi connectivity index (χ0n) is 20.2. The van der Waals surface area contributed by atoms with E-state index in [-0.39, 0.29) is 12.4 Å². The molecule has 7 nitrogen and oxygen atoms in total. The third kappa shape index (κ3) is 7.70. The van der Waals surface area contributed by atoms with Crippen molar-refractivity contribution in [2.75, 3.05) is 18.9 Å². The summed E-state index contributed by atoms with van der Waals surface area (Å²) in [4.78, 5) is 0. The minimum absolute atomic E-state index is 0. The van der Waals surface area contributed by atoms with E-state index in [0.717, 1.165) is 50.2 Å². The van der Waals surface area contributed by atoms with Gasteiger partial charge in [-0.1, -0.05) is 59.8 Å². The number of aromatic nitrogens is 4. The Morgan fingerprint density at radius 2 is 1.78 bits per heavy atom. The second-order valence-electron chi connectivity index (χ2n) is 7.85. The van der Waals surface area contributed by atoms with Crippen molar-refractivity contribution in [1.82, 2.24) is 25.5 Å². The van der Waals surface area contributed by atoms with Crippen LogP contribution >= 0.6 is 40.1 Å². The quantitative estimate of drug-likeness (QED) is 0.160. The second kappa shape index (κ2) is 14.2. The highest BCUT2D eigenvalue weighted by Gasteiger charge is 2.13. The number of para-hydroxylation sites is 1. The Labute approximate surface area is 230 Å². The van der Waals surface area contributed by atoms with Crippen LogP contribution in [0.3, 0.4) is 0 Å².